The summed E-state index contributed by atoms with van der Waals surface area (Å²) in [4.78, 5) is 12.1. The minimum atomic E-state index is -0.399. The van der Waals surface area contributed by atoms with Gasteiger partial charge >= 0.3 is 5.97 Å². The van der Waals surface area contributed by atoms with Crippen LogP contribution in [0.25, 0.3) is 6.08 Å². The first-order valence-electron chi connectivity index (χ1n) is 11.5. The van der Waals surface area contributed by atoms with Crippen molar-refractivity contribution in [1.29, 1.82) is 0 Å². The molecule has 2 aromatic carbocycles. The zero-order valence-corrected chi connectivity index (χ0v) is 18.7. The number of unbranched alkanes of at least 4 members (excludes halogenated alkanes) is 6. The highest BCUT2D eigenvalue weighted by Gasteiger charge is 2.02. The Morgan fingerprint density at radius 1 is 0.839 bits per heavy atom. The summed E-state index contributed by atoms with van der Waals surface area (Å²) in [7, 11) is 0. The highest BCUT2D eigenvalue weighted by Crippen LogP contribution is 2.18. The standard InChI is InChI=1S/C27H36O4/c1-2-3-9-22-30-25-16-18-26(19-17-25)31-27(29)20-15-24-13-11-23(12-14-24)10-7-5-4-6-8-21-28/h11-20,28H,2-10,21-22H2,1H3. The third kappa shape index (κ3) is 10.8. The Labute approximate surface area is 186 Å². The van der Waals surface area contributed by atoms with Gasteiger partial charge in [-0.1, -0.05) is 63.3 Å². The molecule has 0 fully saturated rings. The Hall–Kier alpha value is -2.59. The number of hydrogen-bond acceptors (Lipinski definition) is 4. The highest BCUT2D eigenvalue weighted by molar-refractivity contribution is 5.88. The zero-order valence-electron chi connectivity index (χ0n) is 18.7. The minimum Gasteiger partial charge on any atom is -0.494 e. The van der Waals surface area contributed by atoms with E-state index in [4.69, 9.17) is 14.6 Å². The molecule has 0 saturated carbocycles. The molecular weight excluding hydrogens is 388 g/mol. The lowest BCUT2D eigenvalue weighted by molar-refractivity contribution is -0.128. The molecule has 4 nitrogen and oxygen atoms in total. The van der Waals surface area contributed by atoms with Crippen LogP contribution in [0.3, 0.4) is 0 Å². The van der Waals surface area contributed by atoms with Crippen LogP contribution in [0.15, 0.2) is 54.6 Å². The predicted molar refractivity (Wildman–Crippen MR) is 126 cm³/mol. The number of aryl methyl sites for hydroxylation is 1. The van der Waals surface area contributed by atoms with Crippen molar-refractivity contribution in [1.82, 2.24) is 0 Å². The van der Waals surface area contributed by atoms with Crippen LogP contribution in [0.1, 0.15) is 69.4 Å². The van der Waals surface area contributed by atoms with Crippen LogP contribution in [0, 0.1) is 0 Å². The number of aliphatic hydroxyl groups is 1. The molecule has 31 heavy (non-hydrogen) atoms. The van der Waals surface area contributed by atoms with Gasteiger partial charge in [0.05, 0.1) is 6.61 Å². The average molecular weight is 425 g/mol. The first-order valence-corrected chi connectivity index (χ1v) is 11.5. The van der Waals surface area contributed by atoms with Gasteiger partial charge < -0.3 is 14.6 Å². The van der Waals surface area contributed by atoms with Crippen LogP contribution < -0.4 is 9.47 Å². The van der Waals surface area contributed by atoms with E-state index < -0.39 is 5.97 Å². The number of rotatable bonds is 15. The van der Waals surface area contributed by atoms with Gasteiger partial charge in [0, 0.05) is 12.7 Å². The summed E-state index contributed by atoms with van der Waals surface area (Å²) < 4.78 is 11.0. The van der Waals surface area contributed by atoms with Crippen molar-refractivity contribution in [3.05, 3.63) is 65.7 Å². The number of esters is 1. The Balaban J connectivity index is 1.71. The lowest BCUT2D eigenvalue weighted by Gasteiger charge is -2.06. The van der Waals surface area contributed by atoms with E-state index in [9.17, 15) is 4.79 Å². The molecule has 0 spiro atoms. The molecule has 2 aromatic rings. The number of benzene rings is 2. The van der Waals surface area contributed by atoms with Crippen LogP contribution in [0.5, 0.6) is 11.5 Å². The monoisotopic (exact) mass is 424 g/mol. The van der Waals surface area contributed by atoms with E-state index in [0.717, 1.165) is 49.8 Å². The molecule has 1 N–H and O–H groups in total. The summed E-state index contributed by atoms with van der Waals surface area (Å²) in [5, 5.41) is 8.79. The average Bonchev–Trinajstić information content (AvgIpc) is 2.79. The number of carbonyl (C=O) groups is 1. The first kappa shape index (κ1) is 24.7. The van der Waals surface area contributed by atoms with Crippen molar-refractivity contribution in [3.63, 3.8) is 0 Å². The van der Waals surface area contributed by atoms with E-state index in [2.05, 4.69) is 19.1 Å². The maximum absolute atomic E-state index is 12.1. The molecule has 0 saturated heterocycles. The van der Waals surface area contributed by atoms with Gasteiger partial charge in [-0.2, -0.15) is 0 Å². The van der Waals surface area contributed by atoms with Crippen LogP contribution >= 0.6 is 0 Å². The first-order chi connectivity index (χ1) is 15.2. The molecule has 0 aliphatic rings. The number of ether oxygens (including phenoxy) is 2. The van der Waals surface area contributed by atoms with Crippen LogP contribution in [0.2, 0.25) is 0 Å². The summed E-state index contributed by atoms with van der Waals surface area (Å²) in [6.07, 6.45) is 13.2. The van der Waals surface area contributed by atoms with Crippen molar-refractivity contribution in [2.45, 2.75) is 64.7 Å². The molecule has 0 aromatic heterocycles. The van der Waals surface area contributed by atoms with E-state index in [1.165, 1.54) is 30.9 Å². The molecule has 0 aliphatic carbocycles. The lowest BCUT2D eigenvalue weighted by Crippen LogP contribution is -2.03. The van der Waals surface area contributed by atoms with Gasteiger partial charge in [0.15, 0.2) is 0 Å². The van der Waals surface area contributed by atoms with Gasteiger partial charge in [-0.05, 0) is 67.2 Å². The van der Waals surface area contributed by atoms with Crippen LogP contribution in [-0.2, 0) is 11.2 Å². The number of hydrogen-bond donors (Lipinski definition) is 1. The SMILES string of the molecule is CCCCCOc1ccc(OC(=O)C=Cc2ccc(CCCCCCCO)cc2)cc1. The Bertz CT molecular complexity index is 763. The molecule has 0 unspecified atom stereocenters. The fourth-order valence-corrected chi connectivity index (χ4v) is 3.23. The zero-order chi connectivity index (χ0) is 22.2. The largest absolute Gasteiger partial charge is 0.494 e. The molecule has 0 atom stereocenters. The fourth-order valence-electron chi connectivity index (χ4n) is 3.23. The predicted octanol–water partition coefficient (Wildman–Crippen LogP) is 6.36. The van der Waals surface area contributed by atoms with Crippen molar-refractivity contribution < 1.29 is 19.4 Å². The van der Waals surface area contributed by atoms with E-state index in [1.54, 1.807) is 18.2 Å². The van der Waals surface area contributed by atoms with E-state index in [-0.39, 0.29) is 0 Å². The number of aliphatic hydroxyl groups excluding tert-OH is 1. The van der Waals surface area contributed by atoms with E-state index >= 15 is 0 Å². The molecule has 0 radical (unpaired) electrons. The van der Waals surface area contributed by atoms with Gasteiger partial charge in [-0.25, -0.2) is 4.79 Å². The van der Waals surface area contributed by atoms with Crippen LogP contribution in [0.4, 0.5) is 0 Å². The molecule has 2 rings (SSSR count). The molecule has 0 aliphatic heterocycles. The quantitative estimate of drug-likeness (QED) is 0.156. The normalized spacial score (nSPS) is 11.0. The lowest BCUT2D eigenvalue weighted by atomic mass is 10.0. The van der Waals surface area contributed by atoms with E-state index in [1.807, 2.05) is 24.3 Å². The number of carbonyl (C=O) groups excluding carboxylic acids is 1. The summed E-state index contributed by atoms with van der Waals surface area (Å²) in [6, 6.07) is 15.4. The topological polar surface area (TPSA) is 55.8 Å². The maximum atomic E-state index is 12.1. The smallest absolute Gasteiger partial charge is 0.336 e. The van der Waals surface area contributed by atoms with Crippen molar-refractivity contribution in [3.8, 4) is 11.5 Å². The van der Waals surface area contributed by atoms with Crippen molar-refractivity contribution in [2.24, 2.45) is 0 Å². The summed E-state index contributed by atoms with van der Waals surface area (Å²) in [5.74, 6) is 0.894. The second-order valence-corrected chi connectivity index (χ2v) is 7.76. The molecular formula is C27H36O4. The molecule has 0 amide bonds. The minimum absolute atomic E-state index is 0.295. The van der Waals surface area contributed by atoms with Crippen molar-refractivity contribution >= 4 is 12.0 Å². The second-order valence-electron chi connectivity index (χ2n) is 7.76. The third-order valence-corrected chi connectivity index (χ3v) is 5.07. The van der Waals surface area contributed by atoms with Gasteiger partial charge in [-0.3, -0.25) is 0 Å². The second kappa shape index (κ2) is 15.2. The van der Waals surface area contributed by atoms with Crippen LogP contribution in [-0.4, -0.2) is 24.3 Å². The van der Waals surface area contributed by atoms with Crippen molar-refractivity contribution in [2.75, 3.05) is 13.2 Å². The maximum Gasteiger partial charge on any atom is 0.336 e. The summed E-state index contributed by atoms with van der Waals surface area (Å²) in [5.41, 5.74) is 2.28. The fraction of sp³-hybridized carbons (Fsp3) is 0.444. The van der Waals surface area contributed by atoms with Gasteiger partial charge in [0.2, 0.25) is 0 Å². The third-order valence-electron chi connectivity index (χ3n) is 5.07. The molecule has 0 heterocycles. The van der Waals surface area contributed by atoms with Gasteiger partial charge in [-0.15, -0.1) is 0 Å². The Kier molecular flexibility index (Phi) is 12.1. The van der Waals surface area contributed by atoms with Gasteiger partial charge in [0.1, 0.15) is 11.5 Å². The van der Waals surface area contributed by atoms with E-state index in [0.29, 0.717) is 19.0 Å². The summed E-state index contributed by atoms with van der Waals surface area (Å²) >= 11 is 0. The Morgan fingerprint density at radius 2 is 1.52 bits per heavy atom. The highest BCUT2D eigenvalue weighted by atomic mass is 16.5. The molecule has 0 bridgehead atoms. The molecule has 168 valence electrons. The summed E-state index contributed by atoms with van der Waals surface area (Å²) in [6.45, 7) is 3.17. The molecule has 4 heteroatoms. The Morgan fingerprint density at radius 3 is 2.23 bits per heavy atom. The van der Waals surface area contributed by atoms with Gasteiger partial charge in [0.25, 0.3) is 0 Å².